The SMILES string of the molecule is CCOc1ccc(OCC)c(NC(N)=NCC(c2cccc(F)c2)N(C)C)c1.I. The van der Waals surface area contributed by atoms with Crippen LogP contribution in [-0.4, -0.2) is 44.7 Å². The Balaban J connectivity index is 0.00000420. The molecule has 0 aromatic heterocycles. The van der Waals surface area contributed by atoms with Crippen LogP contribution in [0.15, 0.2) is 47.5 Å². The van der Waals surface area contributed by atoms with E-state index in [1.807, 2.05) is 57.1 Å². The number of aliphatic imine (C=N–C) groups is 1. The van der Waals surface area contributed by atoms with Crippen LogP contribution in [0.25, 0.3) is 0 Å². The van der Waals surface area contributed by atoms with E-state index in [9.17, 15) is 4.39 Å². The van der Waals surface area contributed by atoms with Crippen LogP contribution in [-0.2, 0) is 0 Å². The molecular weight excluding hydrogens is 486 g/mol. The minimum atomic E-state index is -0.270. The van der Waals surface area contributed by atoms with Crippen LogP contribution in [0, 0.1) is 5.82 Å². The van der Waals surface area contributed by atoms with Crippen LogP contribution in [0.3, 0.4) is 0 Å². The van der Waals surface area contributed by atoms with Gasteiger partial charge in [0.25, 0.3) is 0 Å². The lowest BCUT2D eigenvalue weighted by molar-refractivity contribution is 0.306. The number of ether oxygens (including phenoxy) is 2. The van der Waals surface area contributed by atoms with Crippen molar-refractivity contribution in [3.63, 3.8) is 0 Å². The van der Waals surface area contributed by atoms with Crippen LogP contribution < -0.4 is 20.5 Å². The highest BCUT2D eigenvalue weighted by Gasteiger charge is 2.15. The van der Waals surface area contributed by atoms with Crippen molar-refractivity contribution in [1.29, 1.82) is 0 Å². The Morgan fingerprint density at radius 2 is 1.86 bits per heavy atom. The third-order valence-electron chi connectivity index (χ3n) is 4.12. The van der Waals surface area contributed by atoms with Gasteiger partial charge in [0.15, 0.2) is 5.96 Å². The first-order valence-corrected chi connectivity index (χ1v) is 9.33. The van der Waals surface area contributed by atoms with E-state index in [0.717, 1.165) is 5.56 Å². The minimum Gasteiger partial charge on any atom is -0.494 e. The lowest BCUT2D eigenvalue weighted by Crippen LogP contribution is -2.27. The van der Waals surface area contributed by atoms with Crippen molar-refractivity contribution in [3.8, 4) is 11.5 Å². The van der Waals surface area contributed by atoms with Gasteiger partial charge in [-0.2, -0.15) is 0 Å². The summed E-state index contributed by atoms with van der Waals surface area (Å²) in [6.45, 7) is 5.31. The Hall–Kier alpha value is -2.07. The topological polar surface area (TPSA) is 72.1 Å². The van der Waals surface area contributed by atoms with Crippen molar-refractivity contribution < 1.29 is 13.9 Å². The molecular formula is C21H30FIN4O2. The zero-order valence-electron chi connectivity index (χ0n) is 17.3. The fourth-order valence-electron chi connectivity index (χ4n) is 2.79. The van der Waals surface area contributed by atoms with Crippen LogP contribution >= 0.6 is 24.0 Å². The summed E-state index contributed by atoms with van der Waals surface area (Å²) in [6.07, 6.45) is 0. The van der Waals surface area contributed by atoms with Gasteiger partial charge in [-0.15, -0.1) is 24.0 Å². The molecule has 2 aromatic rings. The average Bonchev–Trinajstić information content (AvgIpc) is 2.64. The molecule has 0 spiro atoms. The Morgan fingerprint density at radius 1 is 1.14 bits per heavy atom. The quantitative estimate of drug-likeness (QED) is 0.296. The van der Waals surface area contributed by atoms with E-state index in [-0.39, 0.29) is 41.8 Å². The molecule has 2 rings (SSSR count). The maximum atomic E-state index is 13.6. The van der Waals surface area contributed by atoms with Crippen LogP contribution in [0.1, 0.15) is 25.5 Å². The maximum Gasteiger partial charge on any atom is 0.193 e. The smallest absolute Gasteiger partial charge is 0.193 e. The molecule has 2 aromatic carbocycles. The number of hydrogen-bond acceptors (Lipinski definition) is 4. The summed E-state index contributed by atoms with van der Waals surface area (Å²) in [5, 5.41) is 3.08. The Labute approximate surface area is 189 Å². The highest BCUT2D eigenvalue weighted by molar-refractivity contribution is 14.0. The summed E-state index contributed by atoms with van der Waals surface area (Å²) in [7, 11) is 3.85. The summed E-state index contributed by atoms with van der Waals surface area (Å²) < 4.78 is 24.8. The highest BCUT2D eigenvalue weighted by Crippen LogP contribution is 2.29. The second kappa shape index (κ2) is 12.5. The average molecular weight is 516 g/mol. The number of likely N-dealkylation sites (N-methyl/N-ethyl adjacent to an activating group) is 1. The first kappa shape index (κ1) is 25.0. The molecule has 0 fully saturated rings. The molecule has 0 bridgehead atoms. The first-order valence-electron chi connectivity index (χ1n) is 9.33. The van der Waals surface area contributed by atoms with Gasteiger partial charge < -0.3 is 25.4 Å². The first-order chi connectivity index (χ1) is 13.4. The highest BCUT2D eigenvalue weighted by atomic mass is 127. The van der Waals surface area contributed by atoms with Crippen LogP contribution in [0.2, 0.25) is 0 Å². The number of anilines is 1. The number of benzene rings is 2. The van der Waals surface area contributed by atoms with Gasteiger partial charge in [0.05, 0.1) is 31.5 Å². The van der Waals surface area contributed by atoms with Crippen molar-refractivity contribution in [2.75, 3.05) is 39.2 Å². The van der Waals surface area contributed by atoms with Crippen LogP contribution in [0.5, 0.6) is 11.5 Å². The molecule has 3 N–H and O–H groups in total. The molecule has 0 heterocycles. The number of guanidine groups is 1. The molecule has 0 amide bonds. The van der Waals surface area contributed by atoms with Gasteiger partial charge in [-0.1, -0.05) is 12.1 Å². The predicted octanol–water partition coefficient (Wildman–Crippen LogP) is 4.27. The van der Waals surface area contributed by atoms with E-state index in [2.05, 4.69) is 10.3 Å². The fourth-order valence-corrected chi connectivity index (χ4v) is 2.79. The van der Waals surface area contributed by atoms with Gasteiger partial charge in [-0.05, 0) is 57.8 Å². The van der Waals surface area contributed by atoms with Crippen molar-refractivity contribution in [1.82, 2.24) is 4.90 Å². The van der Waals surface area contributed by atoms with Gasteiger partial charge >= 0.3 is 0 Å². The number of nitrogens with zero attached hydrogens (tertiary/aromatic N) is 2. The number of halogens is 2. The van der Waals surface area contributed by atoms with E-state index in [1.54, 1.807) is 6.07 Å². The molecule has 8 heteroatoms. The van der Waals surface area contributed by atoms with E-state index in [1.165, 1.54) is 12.1 Å². The lowest BCUT2D eigenvalue weighted by atomic mass is 10.1. The van der Waals surface area contributed by atoms with Crippen molar-refractivity contribution in [2.24, 2.45) is 10.7 Å². The maximum absolute atomic E-state index is 13.6. The summed E-state index contributed by atoms with van der Waals surface area (Å²) in [5.41, 5.74) is 7.63. The molecule has 0 saturated carbocycles. The molecule has 29 heavy (non-hydrogen) atoms. The molecule has 1 unspecified atom stereocenters. The molecule has 160 valence electrons. The zero-order valence-corrected chi connectivity index (χ0v) is 19.6. The van der Waals surface area contributed by atoms with E-state index < -0.39 is 0 Å². The molecule has 1 atom stereocenters. The van der Waals surface area contributed by atoms with E-state index in [0.29, 0.717) is 36.9 Å². The Morgan fingerprint density at radius 3 is 2.48 bits per heavy atom. The number of rotatable bonds is 9. The monoisotopic (exact) mass is 516 g/mol. The third-order valence-corrected chi connectivity index (χ3v) is 4.12. The van der Waals surface area contributed by atoms with Crippen molar-refractivity contribution in [3.05, 3.63) is 53.8 Å². The van der Waals surface area contributed by atoms with Gasteiger partial charge in [0, 0.05) is 6.07 Å². The summed E-state index contributed by atoms with van der Waals surface area (Å²) in [4.78, 5) is 6.43. The number of nitrogens with two attached hydrogens (primary N) is 1. The lowest BCUT2D eigenvalue weighted by Gasteiger charge is -2.23. The Bertz CT molecular complexity index is 802. The van der Waals surface area contributed by atoms with Gasteiger partial charge in [-0.3, -0.25) is 4.99 Å². The molecule has 0 aliphatic carbocycles. The zero-order chi connectivity index (χ0) is 20.5. The second-order valence-electron chi connectivity index (χ2n) is 6.41. The molecule has 0 saturated heterocycles. The minimum absolute atomic E-state index is 0. The Kier molecular flexibility index (Phi) is 10.7. The normalized spacial score (nSPS) is 12.3. The van der Waals surface area contributed by atoms with Crippen LogP contribution in [0.4, 0.5) is 10.1 Å². The number of nitrogens with one attached hydrogen (secondary N) is 1. The standard InChI is InChI=1S/C21H29FN4O2.HI/c1-5-27-17-10-11-20(28-6-2)18(13-17)25-21(23)24-14-19(26(3)4)15-8-7-9-16(22)12-15;/h7-13,19H,5-6,14H2,1-4H3,(H3,23,24,25);1H. The van der Waals surface area contributed by atoms with Gasteiger partial charge in [0.2, 0.25) is 0 Å². The number of hydrogen-bond donors (Lipinski definition) is 2. The summed E-state index contributed by atoms with van der Waals surface area (Å²) >= 11 is 0. The van der Waals surface area contributed by atoms with E-state index in [4.69, 9.17) is 15.2 Å². The van der Waals surface area contributed by atoms with Crippen molar-refractivity contribution in [2.45, 2.75) is 19.9 Å². The summed E-state index contributed by atoms with van der Waals surface area (Å²) in [6, 6.07) is 11.9. The predicted molar refractivity (Wildman–Crippen MR) is 127 cm³/mol. The molecule has 0 radical (unpaired) electrons. The van der Waals surface area contributed by atoms with Gasteiger partial charge in [0.1, 0.15) is 17.3 Å². The fraction of sp³-hybridized carbons (Fsp3) is 0.381. The second-order valence-corrected chi connectivity index (χ2v) is 6.41. The third kappa shape index (κ3) is 7.69. The molecule has 0 aliphatic rings. The molecule has 0 aliphatic heterocycles. The summed E-state index contributed by atoms with van der Waals surface area (Å²) in [5.74, 6) is 1.36. The van der Waals surface area contributed by atoms with Crippen molar-refractivity contribution >= 4 is 35.6 Å². The largest absolute Gasteiger partial charge is 0.494 e. The van der Waals surface area contributed by atoms with E-state index >= 15 is 0 Å². The van der Waals surface area contributed by atoms with Gasteiger partial charge in [-0.25, -0.2) is 4.39 Å². The molecule has 6 nitrogen and oxygen atoms in total.